The lowest BCUT2D eigenvalue weighted by molar-refractivity contribution is 1.11. The summed E-state index contributed by atoms with van der Waals surface area (Å²) in [6.07, 6.45) is 0. The third-order valence-corrected chi connectivity index (χ3v) is 0.919. The van der Waals surface area contributed by atoms with Crippen molar-refractivity contribution in [2.45, 2.75) is 13.8 Å². The molecule has 58 valence electrons. The van der Waals surface area contributed by atoms with Gasteiger partial charge in [0, 0.05) is 13.1 Å². The van der Waals surface area contributed by atoms with E-state index in [2.05, 4.69) is 9.98 Å². The van der Waals surface area contributed by atoms with Gasteiger partial charge in [-0.1, -0.05) is 0 Å². The van der Waals surface area contributed by atoms with Gasteiger partial charge in [0.15, 0.2) is 11.7 Å². The summed E-state index contributed by atoms with van der Waals surface area (Å²) in [6, 6.07) is 0. The highest BCUT2D eigenvalue weighted by Gasteiger charge is 1.94. The Morgan fingerprint density at radius 1 is 1.00 bits per heavy atom. The lowest BCUT2D eigenvalue weighted by Gasteiger charge is -1.96. The van der Waals surface area contributed by atoms with Gasteiger partial charge in [-0.3, -0.25) is 9.98 Å². The molecule has 0 atom stereocenters. The fourth-order valence-electron chi connectivity index (χ4n) is 0.503. The van der Waals surface area contributed by atoms with Crippen molar-refractivity contribution < 1.29 is 0 Å². The molecule has 0 radical (unpaired) electrons. The second-order valence-corrected chi connectivity index (χ2v) is 1.72. The van der Waals surface area contributed by atoms with E-state index >= 15 is 0 Å². The third-order valence-electron chi connectivity index (χ3n) is 0.919. The fraction of sp³-hybridized carbons (Fsp3) is 0.667. The molecule has 0 amide bonds. The van der Waals surface area contributed by atoms with Crippen LogP contribution in [0.2, 0.25) is 0 Å². The van der Waals surface area contributed by atoms with Gasteiger partial charge in [0.1, 0.15) is 0 Å². The monoisotopic (exact) mass is 142 g/mol. The molecule has 4 nitrogen and oxygen atoms in total. The molecule has 0 aliphatic carbocycles. The van der Waals surface area contributed by atoms with E-state index in [1.54, 1.807) is 0 Å². The summed E-state index contributed by atoms with van der Waals surface area (Å²) in [6.45, 7) is 5.08. The van der Waals surface area contributed by atoms with Crippen LogP contribution >= 0.6 is 0 Å². The van der Waals surface area contributed by atoms with Crippen molar-refractivity contribution in [1.29, 1.82) is 0 Å². The summed E-state index contributed by atoms with van der Waals surface area (Å²) in [5.74, 6) is 0.675. The maximum atomic E-state index is 5.41. The topological polar surface area (TPSA) is 76.8 Å². The summed E-state index contributed by atoms with van der Waals surface area (Å²) in [5, 5.41) is 0. The zero-order valence-corrected chi connectivity index (χ0v) is 6.46. The Hall–Kier alpha value is -1.06. The number of amidine groups is 2. The van der Waals surface area contributed by atoms with Gasteiger partial charge in [0.2, 0.25) is 0 Å². The molecule has 0 heterocycles. The second kappa shape index (κ2) is 4.78. The number of hydrogen-bond donors (Lipinski definition) is 2. The van der Waals surface area contributed by atoms with E-state index in [4.69, 9.17) is 11.5 Å². The summed E-state index contributed by atoms with van der Waals surface area (Å²) in [7, 11) is 0. The second-order valence-electron chi connectivity index (χ2n) is 1.72. The van der Waals surface area contributed by atoms with Crippen molar-refractivity contribution in [1.82, 2.24) is 0 Å². The first-order valence-electron chi connectivity index (χ1n) is 3.32. The minimum Gasteiger partial charge on any atom is -0.381 e. The van der Waals surface area contributed by atoms with Crippen LogP contribution in [0.15, 0.2) is 9.98 Å². The van der Waals surface area contributed by atoms with Crippen molar-refractivity contribution in [3.63, 3.8) is 0 Å². The predicted molar refractivity (Wildman–Crippen MR) is 44.3 cm³/mol. The van der Waals surface area contributed by atoms with Crippen LogP contribution < -0.4 is 11.5 Å². The van der Waals surface area contributed by atoms with Gasteiger partial charge in [-0.25, -0.2) is 0 Å². The molecule has 0 spiro atoms. The number of aliphatic imine (C=N–C) groups is 2. The number of hydrogen-bond acceptors (Lipinski definition) is 2. The Morgan fingerprint density at radius 2 is 1.30 bits per heavy atom. The standard InChI is InChI=1S/C6H14N4/c1-3-9-5(7)6(8)10-4-2/h3-4H2,1-2H3,(H2,7,9)(H2,8,10). The van der Waals surface area contributed by atoms with Crippen LogP contribution in [0.3, 0.4) is 0 Å². The summed E-state index contributed by atoms with van der Waals surface area (Å²) < 4.78 is 0. The fourth-order valence-corrected chi connectivity index (χ4v) is 0.503. The van der Waals surface area contributed by atoms with E-state index in [1.807, 2.05) is 13.8 Å². The molecule has 0 fully saturated rings. The first kappa shape index (κ1) is 8.94. The maximum absolute atomic E-state index is 5.41. The zero-order chi connectivity index (χ0) is 7.98. The largest absolute Gasteiger partial charge is 0.381 e. The van der Waals surface area contributed by atoms with Crippen molar-refractivity contribution in [3.05, 3.63) is 0 Å². The van der Waals surface area contributed by atoms with Crippen LogP contribution in [0.4, 0.5) is 0 Å². The van der Waals surface area contributed by atoms with Gasteiger partial charge in [0.05, 0.1) is 0 Å². The molecule has 0 aromatic heterocycles. The van der Waals surface area contributed by atoms with Crippen LogP contribution in [0.1, 0.15) is 13.8 Å². The normalized spacial score (nSPS) is 13.8. The van der Waals surface area contributed by atoms with Gasteiger partial charge in [-0.15, -0.1) is 0 Å². The average molecular weight is 142 g/mol. The number of rotatable bonds is 2. The van der Waals surface area contributed by atoms with Crippen LogP contribution in [0.5, 0.6) is 0 Å². The molecule has 0 saturated carbocycles. The summed E-state index contributed by atoms with van der Waals surface area (Å²) in [5.41, 5.74) is 10.8. The third kappa shape index (κ3) is 3.06. The van der Waals surface area contributed by atoms with E-state index in [0.29, 0.717) is 24.8 Å². The Kier molecular flexibility index (Phi) is 4.28. The predicted octanol–water partition coefficient (Wildman–Crippen LogP) is -0.259. The molecule has 0 unspecified atom stereocenters. The molecule has 0 saturated heterocycles. The highest BCUT2D eigenvalue weighted by atomic mass is 15.0. The summed E-state index contributed by atoms with van der Waals surface area (Å²) >= 11 is 0. The van der Waals surface area contributed by atoms with Gasteiger partial charge in [-0.2, -0.15) is 0 Å². The quantitative estimate of drug-likeness (QED) is 0.411. The number of nitrogens with two attached hydrogens (primary N) is 2. The van der Waals surface area contributed by atoms with E-state index in [0.717, 1.165) is 0 Å². The highest BCUT2D eigenvalue weighted by Crippen LogP contribution is 1.73. The molecule has 10 heavy (non-hydrogen) atoms. The van der Waals surface area contributed by atoms with Crippen LogP contribution in [0.25, 0.3) is 0 Å². The van der Waals surface area contributed by atoms with Crippen LogP contribution in [-0.4, -0.2) is 24.8 Å². The highest BCUT2D eigenvalue weighted by molar-refractivity contribution is 6.39. The van der Waals surface area contributed by atoms with Crippen molar-refractivity contribution >= 4 is 11.7 Å². The van der Waals surface area contributed by atoms with E-state index in [1.165, 1.54) is 0 Å². The molecular weight excluding hydrogens is 128 g/mol. The van der Waals surface area contributed by atoms with Crippen LogP contribution in [0, 0.1) is 0 Å². The minimum absolute atomic E-state index is 0.337. The molecule has 4 heteroatoms. The van der Waals surface area contributed by atoms with Gasteiger partial charge in [-0.05, 0) is 13.8 Å². The van der Waals surface area contributed by atoms with Gasteiger partial charge in [0.25, 0.3) is 0 Å². The molecule has 4 N–H and O–H groups in total. The Balaban J connectivity index is 4.06. The molecular formula is C6H14N4. The lowest BCUT2D eigenvalue weighted by atomic mass is 10.5. The lowest BCUT2D eigenvalue weighted by Crippen LogP contribution is -2.31. The summed E-state index contributed by atoms with van der Waals surface area (Å²) in [4.78, 5) is 7.76. The SMILES string of the molecule is CCN=C(N)C(N)=NCC. The van der Waals surface area contributed by atoms with Gasteiger partial charge < -0.3 is 11.5 Å². The van der Waals surface area contributed by atoms with Crippen molar-refractivity contribution in [3.8, 4) is 0 Å². The molecule has 0 aromatic rings. The van der Waals surface area contributed by atoms with E-state index < -0.39 is 0 Å². The first-order chi connectivity index (χ1) is 4.72. The minimum atomic E-state index is 0.337. The Labute approximate surface area is 61.0 Å². The van der Waals surface area contributed by atoms with E-state index in [9.17, 15) is 0 Å². The van der Waals surface area contributed by atoms with Crippen molar-refractivity contribution in [2.24, 2.45) is 21.5 Å². The Bertz CT molecular complexity index is 130. The van der Waals surface area contributed by atoms with Gasteiger partial charge >= 0.3 is 0 Å². The molecule has 0 aromatic carbocycles. The molecule has 0 bridgehead atoms. The molecule has 0 aliphatic rings. The maximum Gasteiger partial charge on any atom is 0.161 e. The smallest absolute Gasteiger partial charge is 0.161 e. The number of nitrogens with zero attached hydrogens (tertiary/aromatic N) is 2. The molecule has 0 rings (SSSR count). The van der Waals surface area contributed by atoms with Crippen molar-refractivity contribution in [2.75, 3.05) is 13.1 Å². The molecule has 0 aliphatic heterocycles. The zero-order valence-electron chi connectivity index (χ0n) is 6.46. The average Bonchev–Trinajstić information content (AvgIpc) is 1.89. The first-order valence-corrected chi connectivity index (χ1v) is 3.32. The van der Waals surface area contributed by atoms with E-state index in [-0.39, 0.29) is 0 Å². The Morgan fingerprint density at radius 3 is 1.50 bits per heavy atom. The van der Waals surface area contributed by atoms with Crippen LogP contribution in [-0.2, 0) is 0 Å².